The molecule has 0 saturated heterocycles. The van der Waals surface area contributed by atoms with Crippen molar-refractivity contribution in [3.05, 3.63) is 70.0 Å². The quantitative estimate of drug-likeness (QED) is 0.485. The van der Waals surface area contributed by atoms with Gasteiger partial charge in [-0.3, -0.25) is 10.2 Å². The molecule has 8 heteroatoms. The molecule has 0 bridgehead atoms. The van der Waals surface area contributed by atoms with Gasteiger partial charge in [-0.2, -0.15) is 5.26 Å². The van der Waals surface area contributed by atoms with E-state index >= 15 is 0 Å². The van der Waals surface area contributed by atoms with Crippen molar-refractivity contribution in [2.75, 3.05) is 11.1 Å². The van der Waals surface area contributed by atoms with Crippen LogP contribution in [0.1, 0.15) is 32.7 Å². The highest BCUT2D eigenvalue weighted by Crippen LogP contribution is 2.22. The van der Waals surface area contributed by atoms with E-state index in [4.69, 9.17) is 16.4 Å². The lowest BCUT2D eigenvalue weighted by atomic mass is 10.0. The van der Waals surface area contributed by atoms with Crippen molar-refractivity contribution in [3.63, 3.8) is 0 Å². The summed E-state index contributed by atoms with van der Waals surface area (Å²) in [5, 5.41) is 21.7. The van der Waals surface area contributed by atoms with E-state index in [0.717, 1.165) is 0 Å². The Bertz CT molecular complexity index is 1040. The minimum absolute atomic E-state index is 0.236. The summed E-state index contributed by atoms with van der Waals surface area (Å²) < 4.78 is 3.99. The van der Waals surface area contributed by atoms with E-state index < -0.39 is 5.91 Å². The Kier molecular flexibility index (Phi) is 4.73. The predicted molar refractivity (Wildman–Crippen MR) is 101 cm³/mol. The molecule has 1 aromatic carbocycles. The Morgan fingerprint density at radius 3 is 2.81 bits per heavy atom. The molecule has 7 nitrogen and oxygen atoms in total. The number of aryl methyl sites for hydroxylation is 1. The van der Waals surface area contributed by atoms with E-state index in [1.54, 1.807) is 42.8 Å². The third-order valence-corrected chi connectivity index (χ3v) is 4.31. The van der Waals surface area contributed by atoms with Gasteiger partial charge in [0.25, 0.3) is 5.91 Å². The Balaban J connectivity index is 1.87. The summed E-state index contributed by atoms with van der Waals surface area (Å²) in [6, 6.07) is 8.54. The highest BCUT2D eigenvalue weighted by molar-refractivity contribution is 7.03. The zero-order valence-corrected chi connectivity index (χ0v) is 14.6. The first kappa shape index (κ1) is 17.3. The highest BCUT2D eigenvalue weighted by atomic mass is 32.1. The molecular formula is C18H14N6OS. The molecule has 26 heavy (non-hydrogen) atoms. The zero-order chi connectivity index (χ0) is 18.7. The number of nitriles is 1. The fourth-order valence-electron chi connectivity index (χ4n) is 2.40. The number of hydrogen-bond acceptors (Lipinski definition) is 7. The van der Waals surface area contributed by atoms with Crippen LogP contribution in [0, 0.1) is 23.7 Å². The standard InChI is InChI=1S/C18H14N6OS/c1-10-4-11(6-19)7-22-17(10)18(25)24-13-2-3-15(20)14(5-13)16(21)12-8-23-26-9-12/h2-5,7-9,21H,20H2,1H3,(H,24,25). The monoisotopic (exact) mass is 362 g/mol. The number of rotatable bonds is 4. The van der Waals surface area contributed by atoms with Gasteiger partial charge in [0.1, 0.15) is 11.8 Å². The van der Waals surface area contributed by atoms with Gasteiger partial charge in [-0.15, -0.1) is 0 Å². The molecule has 0 aliphatic rings. The summed E-state index contributed by atoms with van der Waals surface area (Å²) in [5.74, 6) is -0.397. The van der Waals surface area contributed by atoms with Gasteiger partial charge in [-0.05, 0) is 48.3 Å². The molecule has 128 valence electrons. The second-order valence-corrected chi connectivity index (χ2v) is 6.20. The van der Waals surface area contributed by atoms with Gasteiger partial charge in [0.15, 0.2) is 0 Å². The van der Waals surface area contributed by atoms with Crippen LogP contribution in [0.25, 0.3) is 0 Å². The summed E-state index contributed by atoms with van der Waals surface area (Å²) in [5.41, 5.74) is 9.56. The zero-order valence-electron chi connectivity index (χ0n) is 13.8. The smallest absolute Gasteiger partial charge is 0.274 e. The molecule has 2 aromatic heterocycles. The SMILES string of the molecule is Cc1cc(C#N)cnc1C(=O)Nc1ccc(N)c(C(=N)c2cnsc2)c1. The van der Waals surface area contributed by atoms with Crippen molar-refractivity contribution >= 4 is 34.5 Å². The number of pyridine rings is 1. The number of benzene rings is 1. The number of anilines is 2. The van der Waals surface area contributed by atoms with Crippen molar-refractivity contribution in [2.24, 2.45) is 0 Å². The number of amides is 1. The maximum atomic E-state index is 12.5. The molecular weight excluding hydrogens is 348 g/mol. The number of nitrogen functional groups attached to an aromatic ring is 1. The third kappa shape index (κ3) is 3.43. The number of nitrogens with zero attached hydrogens (tertiary/aromatic N) is 3. The summed E-state index contributed by atoms with van der Waals surface area (Å²) in [6.07, 6.45) is 2.96. The van der Waals surface area contributed by atoms with E-state index in [1.165, 1.54) is 17.7 Å². The van der Waals surface area contributed by atoms with Gasteiger partial charge in [-0.25, -0.2) is 9.36 Å². The lowest BCUT2D eigenvalue weighted by molar-refractivity contribution is 0.102. The average Bonchev–Trinajstić information content (AvgIpc) is 3.17. The number of carbonyl (C=O) groups is 1. The molecule has 0 saturated carbocycles. The van der Waals surface area contributed by atoms with Gasteiger partial charge in [0, 0.05) is 34.1 Å². The fourth-order valence-corrected chi connectivity index (χ4v) is 2.93. The van der Waals surface area contributed by atoms with Crippen molar-refractivity contribution in [1.29, 1.82) is 10.7 Å². The molecule has 0 atom stereocenters. The van der Waals surface area contributed by atoms with Gasteiger partial charge >= 0.3 is 0 Å². The first-order valence-electron chi connectivity index (χ1n) is 7.56. The van der Waals surface area contributed by atoms with E-state index in [-0.39, 0.29) is 11.4 Å². The Labute approximate surface area is 153 Å². The summed E-state index contributed by atoms with van der Waals surface area (Å²) >= 11 is 1.25. The van der Waals surface area contributed by atoms with Crippen molar-refractivity contribution < 1.29 is 4.79 Å². The number of aromatic nitrogens is 2. The van der Waals surface area contributed by atoms with E-state index in [0.29, 0.717) is 33.6 Å². The molecule has 0 aliphatic heterocycles. The first-order chi connectivity index (χ1) is 12.5. The molecule has 0 unspecified atom stereocenters. The number of nitrogens with one attached hydrogen (secondary N) is 2. The molecule has 2 heterocycles. The van der Waals surface area contributed by atoms with Crippen LogP contribution < -0.4 is 11.1 Å². The van der Waals surface area contributed by atoms with Crippen LogP contribution in [0.3, 0.4) is 0 Å². The molecule has 0 spiro atoms. The van der Waals surface area contributed by atoms with E-state index in [9.17, 15) is 4.79 Å². The van der Waals surface area contributed by atoms with Crippen LogP contribution in [-0.4, -0.2) is 21.0 Å². The van der Waals surface area contributed by atoms with Gasteiger partial charge < -0.3 is 11.1 Å². The first-order valence-corrected chi connectivity index (χ1v) is 8.39. The molecule has 0 aliphatic carbocycles. The van der Waals surface area contributed by atoms with Crippen LogP contribution in [0.4, 0.5) is 11.4 Å². The Hall–Kier alpha value is -3.57. The maximum absolute atomic E-state index is 12.5. The molecule has 0 radical (unpaired) electrons. The summed E-state index contributed by atoms with van der Waals surface area (Å²) in [6.45, 7) is 1.72. The highest BCUT2D eigenvalue weighted by Gasteiger charge is 2.14. The lowest BCUT2D eigenvalue weighted by Crippen LogP contribution is -2.16. The molecule has 4 N–H and O–H groups in total. The number of carbonyl (C=O) groups excluding carboxylic acids is 1. The minimum Gasteiger partial charge on any atom is -0.398 e. The van der Waals surface area contributed by atoms with Crippen molar-refractivity contribution in [3.8, 4) is 6.07 Å². The third-order valence-electron chi connectivity index (χ3n) is 3.72. The van der Waals surface area contributed by atoms with Crippen LogP contribution in [0.2, 0.25) is 0 Å². The second kappa shape index (κ2) is 7.13. The lowest BCUT2D eigenvalue weighted by Gasteiger charge is -2.11. The van der Waals surface area contributed by atoms with Gasteiger partial charge in [-0.1, -0.05) is 0 Å². The van der Waals surface area contributed by atoms with Crippen LogP contribution in [0.15, 0.2) is 42.0 Å². The van der Waals surface area contributed by atoms with Crippen LogP contribution >= 0.6 is 11.5 Å². The summed E-state index contributed by atoms with van der Waals surface area (Å²) in [7, 11) is 0. The normalized spacial score (nSPS) is 10.2. The summed E-state index contributed by atoms with van der Waals surface area (Å²) in [4.78, 5) is 16.5. The van der Waals surface area contributed by atoms with E-state index in [1.807, 2.05) is 6.07 Å². The topological polar surface area (TPSA) is 129 Å². The van der Waals surface area contributed by atoms with Gasteiger partial charge in [0.05, 0.1) is 17.5 Å². The number of hydrogen-bond donors (Lipinski definition) is 3. The molecule has 0 fully saturated rings. The van der Waals surface area contributed by atoms with Crippen molar-refractivity contribution in [2.45, 2.75) is 6.92 Å². The molecule has 1 amide bonds. The Morgan fingerprint density at radius 1 is 1.35 bits per heavy atom. The second-order valence-electron chi connectivity index (χ2n) is 5.55. The predicted octanol–water partition coefficient (Wildman–Crippen LogP) is 2.97. The average molecular weight is 362 g/mol. The van der Waals surface area contributed by atoms with Crippen LogP contribution in [-0.2, 0) is 0 Å². The maximum Gasteiger partial charge on any atom is 0.274 e. The molecule has 3 rings (SSSR count). The molecule has 3 aromatic rings. The van der Waals surface area contributed by atoms with Gasteiger partial charge in [0.2, 0.25) is 0 Å². The van der Waals surface area contributed by atoms with Crippen molar-refractivity contribution in [1.82, 2.24) is 9.36 Å². The Morgan fingerprint density at radius 2 is 2.15 bits per heavy atom. The van der Waals surface area contributed by atoms with E-state index in [2.05, 4.69) is 14.7 Å². The fraction of sp³-hybridized carbons (Fsp3) is 0.0556. The van der Waals surface area contributed by atoms with Crippen LogP contribution in [0.5, 0.6) is 0 Å². The minimum atomic E-state index is -0.397. The number of nitrogens with two attached hydrogens (primary N) is 1. The largest absolute Gasteiger partial charge is 0.398 e.